The van der Waals surface area contributed by atoms with Gasteiger partial charge in [-0.2, -0.15) is 18.3 Å². The number of aryl methyl sites for hydroxylation is 1. The molecule has 0 spiro atoms. The van der Waals surface area contributed by atoms with Crippen molar-refractivity contribution in [2.24, 2.45) is 7.05 Å². The highest BCUT2D eigenvalue weighted by molar-refractivity contribution is 5.81. The van der Waals surface area contributed by atoms with Crippen molar-refractivity contribution < 1.29 is 22.7 Å². The maximum atomic E-state index is 12.8. The first-order valence-corrected chi connectivity index (χ1v) is 6.92. The number of benzene rings is 1. The van der Waals surface area contributed by atoms with Gasteiger partial charge in [-0.3, -0.25) is 4.79 Å². The number of alkyl halides is 3. The van der Waals surface area contributed by atoms with Gasteiger partial charge in [0.05, 0.1) is 11.3 Å². The first kappa shape index (κ1) is 17.1. The van der Waals surface area contributed by atoms with Crippen molar-refractivity contribution >= 4 is 6.29 Å². The van der Waals surface area contributed by atoms with Crippen LogP contribution in [0.3, 0.4) is 0 Å². The third-order valence-electron chi connectivity index (χ3n) is 3.23. The molecule has 0 atom stereocenters. The maximum Gasteiger partial charge on any atom is 0.416 e. The molecule has 1 aromatic heterocycles. The normalized spacial score (nSPS) is 12.3. The van der Waals surface area contributed by atoms with Gasteiger partial charge in [0.1, 0.15) is 11.3 Å². The summed E-state index contributed by atoms with van der Waals surface area (Å²) in [5.41, 5.74) is -0.459. The van der Waals surface area contributed by atoms with E-state index in [1.807, 2.05) is 20.8 Å². The van der Waals surface area contributed by atoms with Crippen LogP contribution in [-0.4, -0.2) is 16.1 Å². The first-order valence-electron chi connectivity index (χ1n) is 6.92. The van der Waals surface area contributed by atoms with Crippen LogP contribution in [-0.2, 0) is 18.6 Å². The minimum atomic E-state index is -4.46. The average molecular weight is 326 g/mol. The molecule has 2 rings (SSSR count). The molecule has 1 aromatic carbocycles. The highest BCUT2D eigenvalue weighted by atomic mass is 19.4. The number of carbonyl (C=O) groups is 1. The van der Waals surface area contributed by atoms with E-state index < -0.39 is 17.2 Å². The molecular weight excluding hydrogens is 309 g/mol. The second-order valence-corrected chi connectivity index (χ2v) is 6.19. The van der Waals surface area contributed by atoms with E-state index in [-0.39, 0.29) is 17.2 Å². The molecule has 0 saturated carbocycles. The number of hydrogen-bond donors (Lipinski definition) is 0. The van der Waals surface area contributed by atoms with E-state index in [1.165, 1.54) is 16.8 Å². The first-order chi connectivity index (χ1) is 10.5. The van der Waals surface area contributed by atoms with Crippen LogP contribution in [0.15, 0.2) is 24.3 Å². The Kier molecular flexibility index (Phi) is 4.24. The topological polar surface area (TPSA) is 44.1 Å². The SMILES string of the molecule is Cn1nc(C(C)(C)C)c(C=O)c1Oc1cccc(C(F)(F)F)c1. The number of ether oxygens (including phenoxy) is 1. The summed E-state index contributed by atoms with van der Waals surface area (Å²) in [6.45, 7) is 5.66. The fourth-order valence-corrected chi connectivity index (χ4v) is 2.15. The van der Waals surface area contributed by atoms with Gasteiger partial charge in [0, 0.05) is 12.5 Å². The average Bonchev–Trinajstić information content (AvgIpc) is 2.75. The second-order valence-electron chi connectivity index (χ2n) is 6.19. The summed E-state index contributed by atoms with van der Waals surface area (Å²) in [5.74, 6) is 0.107. The van der Waals surface area contributed by atoms with Crippen molar-refractivity contribution in [2.45, 2.75) is 32.4 Å². The lowest BCUT2D eigenvalue weighted by Crippen LogP contribution is -2.14. The highest BCUT2D eigenvalue weighted by Crippen LogP contribution is 2.35. The standard InChI is InChI=1S/C16H17F3N2O2/c1-15(2,3)13-12(9-22)14(21(4)20-13)23-11-7-5-6-10(8-11)16(17,18)19/h5-9H,1-4H3. The molecule has 0 fully saturated rings. The Balaban J connectivity index is 2.45. The number of rotatable bonds is 3. The van der Waals surface area contributed by atoms with E-state index in [4.69, 9.17) is 4.74 Å². The number of carbonyl (C=O) groups excluding carboxylic acids is 1. The summed E-state index contributed by atoms with van der Waals surface area (Å²) in [5, 5.41) is 4.26. The van der Waals surface area contributed by atoms with E-state index in [0.717, 1.165) is 12.1 Å². The third-order valence-corrected chi connectivity index (χ3v) is 3.23. The van der Waals surface area contributed by atoms with Crippen LogP contribution >= 0.6 is 0 Å². The molecule has 0 saturated heterocycles. The lowest BCUT2D eigenvalue weighted by molar-refractivity contribution is -0.137. The molecule has 7 heteroatoms. The maximum absolute atomic E-state index is 12.8. The van der Waals surface area contributed by atoms with Crippen molar-refractivity contribution in [3.05, 3.63) is 41.1 Å². The van der Waals surface area contributed by atoms with Crippen molar-refractivity contribution in [3.8, 4) is 11.6 Å². The van der Waals surface area contributed by atoms with E-state index in [1.54, 1.807) is 7.05 Å². The van der Waals surface area contributed by atoms with Crippen LogP contribution < -0.4 is 4.74 Å². The summed E-state index contributed by atoms with van der Waals surface area (Å²) in [4.78, 5) is 11.4. The van der Waals surface area contributed by atoms with Gasteiger partial charge in [-0.15, -0.1) is 0 Å². The molecule has 4 nitrogen and oxygen atoms in total. The molecular formula is C16H17F3N2O2. The molecule has 0 aliphatic heterocycles. The summed E-state index contributed by atoms with van der Waals surface area (Å²) in [6.07, 6.45) is -3.85. The van der Waals surface area contributed by atoms with Gasteiger partial charge < -0.3 is 4.74 Å². The lowest BCUT2D eigenvalue weighted by Gasteiger charge is -2.15. The van der Waals surface area contributed by atoms with Gasteiger partial charge in [0.2, 0.25) is 5.88 Å². The zero-order valence-electron chi connectivity index (χ0n) is 13.2. The largest absolute Gasteiger partial charge is 0.439 e. The molecule has 23 heavy (non-hydrogen) atoms. The van der Waals surface area contributed by atoms with Gasteiger partial charge in [-0.25, -0.2) is 4.68 Å². The Bertz CT molecular complexity index is 728. The zero-order chi connectivity index (χ0) is 17.4. The van der Waals surface area contributed by atoms with E-state index in [9.17, 15) is 18.0 Å². The van der Waals surface area contributed by atoms with Crippen LogP contribution in [0.1, 0.15) is 42.4 Å². The number of aromatic nitrogens is 2. The molecule has 0 radical (unpaired) electrons. The Hall–Kier alpha value is -2.31. The summed E-state index contributed by atoms with van der Waals surface area (Å²) in [7, 11) is 1.57. The number of hydrogen-bond acceptors (Lipinski definition) is 3. The Labute approximate surface area is 131 Å². The second kappa shape index (κ2) is 5.72. The van der Waals surface area contributed by atoms with Gasteiger partial charge >= 0.3 is 6.18 Å². The Morgan fingerprint density at radius 1 is 1.22 bits per heavy atom. The van der Waals surface area contributed by atoms with Crippen LogP contribution in [0.25, 0.3) is 0 Å². The monoisotopic (exact) mass is 326 g/mol. The smallest absolute Gasteiger partial charge is 0.416 e. The van der Waals surface area contributed by atoms with Gasteiger partial charge in [0.25, 0.3) is 0 Å². The molecule has 124 valence electrons. The van der Waals surface area contributed by atoms with Crippen molar-refractivity contribution in [3.63, 3.8) is 0 Å². The van der Waals surface area contributed by atoms with Crippen molar-refractivity contribution in [1.82, 2.24) is 9.78 Å². The van der Waals surface area contributed by atoms with E-state index in [0.29, 0.717) is 12.0 Å². The highest BCUT2D eigenvalue weighted by Gasteiger charge is 2.31. The van der Waals surface area contributed by atoms with Gasteiger partial charge in [-0.1, -0.05) is 26.8 Å². The zero-order valence-corrected chi connectivity index (χ0v) is 13.2. The quantitative estimate of drug-likeness (QED) is 0.788. The van der Waals surface area contributed by atoms with E-state index in [2.05, 4.69) is 5.10 Å². The molecule has 0 unspecified atom stereocenters. The lowest BCUT2D eigenvalue weighted by atomic mass is 9.90. The molecule has 0 N–H and O–H groups in total. The predicted octanol–water partition coefficient (Wildman–Crippen LogP) is 4.34. The van der Waals surface area contributed by atoms with E-state index >= 15 is 0 Å². The third kappa shape index (κ3) is 3.55. The minimum Gasteiger partial charge on any atom is -0.439 e. The van der Waals surface area contributed by atoms with Crippen LogP contribution in [0.2, 0.25) is 0 Å². The Morgan fingerprint density at radius 2 is 1.87 bits per heavy atom. The summed E-state index contributed by atoms with van der Waals surface area (Å²) in [6, 6.07) is 4.49. The van der Waals surface area contributed by atoms with Crippen molar-refractivity contribution in [2.75, 3.05) is 0 Å². The number of aldehydes is 1. The van der Waals surface area contributed by atoms with Crippen molar-refractivity contribution in [1.29, 1.82) is 0 Å². The summed E-state index contributed by atoms with van der Waals surface area (Å²) >= 11 is 0. The minimum absolute atomic E-state index is 0.00798. The molecule has 0 bridgehead atoms. The fraction of sp³-hybridized carbons (Fsp3) is 0.375. The number of nitrogens with zero attached hydrogens (tertiary/aromatic N) is 2. The fourth-order valence-electron chi connectivity index (χ4n) is 2.15. The predicted molar refractivity (Wildman–Crippen MR) is 78.8 cm³/mol. The number of halogens is 3. The van der Waals surface area contributed by atoms with Crippen LogP contribution in [0.5, 0.6) is 11.6 Å². The molecule has 2 aromatic rings. The molecule has 0 aliphatic carbocycles. The van der Waals surface area contributed by atoms with Crippen LogP contribution in [0, 0.1) is 0 Å². The summed E-state index contributed by atoms with van der Waals surface area (Å²) < 4.78 is 45.2. The van der Waals surface area contributed by atoms with Gasteiger partial charge in [-0.05, 0) is 18.2 Å². The Morgan fingerprint density at radius 3 is 2.39 bits per heavy atom. The molecule has 0 amide bonds. The van der Waals surface area contributed by atoms with Crippen LogP contribution in [0.4, 0.5) is 13.2 Å². The molecule has 1 heterocycles. The molecule has 0 aliphatic rings. The van der Waals surface area contributed by atoms with Gasteiger partial charge in [0.15, 0.2) is 6.29 Å².